The van der Waals surface area contributed by atoms with Crippen LogP contribution in [-0.4, -0.2) is 55.6 Å². The zero-order valence-electron chi connectivity index (χ0n) is 13.1. The van der Waals surface area contributed by atoms with Crippen LogP contribution in [0.25, 0.3) is 0 Å². The molecule has 0 spiro atoms. The van der Waals surface area contributed by atoms with Gasteiger partial charge in [-0.2, -0.15) is 0 Å². The molecular formula is C16H22N4O2. The topological polar surface area (TPSA) is 64.7 Å². The van der Waals surface area contributed by atoms with Crippen LogP contribution in [0.4, 0.5) is 10.5 Å². The average molecular weight is 302 g/mol. The van der Waals surface area contributed by atoms with Crippen molar-refractivity contribution in [3.05, 3.63) is 29.3 Å². The predicted octanol–water partition coefficient (Wildman–Crippen LogP) is 0.959. The first-order valence-corrected chi connectivity index (χ1v) is 7.76. The summed E-state index contributed by atoms with van der Waals surface area (Å²) in [6.45, 7) is 7.61. The van der Waals surface area contributed by atoms with Gasteiger partial charge in [0.05, 0.1) is 0 Å². The zero-order chi connectivity index (χ0) is 15.7. The van der Waals surface area contributed by atoms with Crippen LogP contribution in [0.1, 0.15) is 22.8 Å². The molecule has 22 heavy (non-hydrogen) atoms. The fraction of sp³-hybridized carbons (Fsp3) is 0.500. The highest BCUT2D eigenvalue weighted by molar-refractivity contribution is 6.00. The Morgan fingerprint density at radius 1 is 1.27 bits per heavy atom. The van der Waals surface area contributed by atoms with Gasteiger partial charge in [0.1, 0.15) is 0 Å². The normalized spacial score (nSPS) is 21.9. The van der Waals surface area contributed by atoms with Gasteiger partial charge in [0.25, 0.3) is 5.91 Å². The lowest BCUT2D eigenvalue weighted by molar-refractivity contribution is 0.0655. The molecule has 1 aromatic rings. The summed E-state index contributed by atoms with van der Waals surface area (Å²) in [4.78, 5) is 28.3. The number of nitrogens with zero attached hydrogens (tertiary/aromatic N) is 2. The number of anilines is 1. The third-order valence-electron chi connectivity index (χ3n) is 4.45. The van der Waals surface area contributed by atoms with Gasteiger partial charge in [0.15, 0.2) is 0 Å². The highest BCUT2D eigenvalue weighted by atomic mass is 16.2. The molecule has 2 heterocycles. The maximum Gasteiger partial charge on any atom is 0.322 e. The minimum absolute atomic E-state index is 0.0490. The lowest BCUT2D eigenvalue weighted by Gasteiger charge is -2.34. The number of urea groups is 1. The Bertz CT molecular complexity index is 602. The Balaban J connectivity index is 1.91. The summed E-state index contributed by atoms with van der Waals surface area (Å²) in [5, 5.41) is 6.09. The highest BCUT2D eigenvalue weighted by Crippen LogP contribution is 2.26. The standard InChI is InChI=1S/C16H22N4O2/c1-11-10-17-6-8-19(11)15(21)13-4-3-5-14(12(13)2)20-9-7-18-16(20)22/h3-5,11,17H,6-10H2,1-2H3,(H,18,22)/t11-/m0/s1. The van der Waals surface area contributed by atoms with Gasteiger partial charge in [-0.3, -0.25) is 9.69 Å². The first-order chi connectivity index (χ1) is 10.6. The smallest absolute Gasteiger partial charge is 0.322 e. The maximum atomic E-state index is 12.9. The van der Waals surface area contributed by atoms with Gasteiger partial charge in [-0.25, -0.2) is 4.79 Å². The summed E-state index contributed by atoms with van der Waals surface area (Å²) in [6, 6.07) is 5.69. The molecule has 2 fully saturated rings. The van der Waals surface area contributed by atoms with Gasteiger partial charge in [-0.15, -0.1) is 0 Å². The van der Waals surface area contributed by atoms with Gasteiger partial charge in [0, 0.05) is 50.0 Å². The summed E-state index contributed by atoms with van der Waals surface area (Å²) >= 11 is 0. The molecule has 1 atom stereocenters. The van der Waals surface area contributed by atoms with E-state index in [9.17, 15) is 9.59 Å². The molecule has 118 valence electrons. The van der Waals surface area contributed by atoms with E-state index < -0.39 is 0 Å². The van der Waals surface area contributed by atoms with E-state index in [1.165, 1.54) is 0 Å². The predicted molar refractivity (Wildman–Crippen MR) is 85.3 cm³/mol. The molecule has 0 aliphatic carbocycles. The van der Waals surface area contributed by atoms with Crippen molar-refractivity contribution in [3.63, 3.8) is 0 Å². The van der Waals surface area contributed by atoms with Crippen LogP contribution in [0.2, 0.25) is 0 Å². The van der Waals surface area contributed by atoms with Crippen LogP contribution in [0.15, 0.2) is 18.2 Å². The zero-order valence-corrected chi connectivity index (χ0v) is 13.1. The number of nitrogens with one attached hydrogen (secondary N) is 2. The second-order valence-corrected chi connectivity index (χ2v) is 5.88. The van der Waals surface area contributed by atoms with Gasteiger partial charge < -0.3 is 15.5 Å². The largest absolute Gasteiger partial charge is 0.336 e. The minimum Gasteiger partial charge on any atom is -0.336 e. The Labute approximate surface area is 130 Å². The summed E-state index contributed by atoms with van der Waals surface area (Å²) in [5.41, 5.74) is 2.38. The average Bonchev–Trinajstić information content (AvgIpc) is 2.93. The van der Waals surface area contributed by atoms with Crippen molar-refractivity contribution in [2.45, 2.75) is 19.9 Å². The molecule has 2 saturated heterocycles. The van der Waals surface area contributed by atoms with E-state index in [-0.39, 0.29) is 18.0 Å². The fourth-order valence-electron chi connectivity index (χ4n) is 3.15. The molecule has 2 N–H and O–H groups in total. The molecular weight excluding hydrogens is 280 g/mol. The van der Waals surface area contributed by atoms with Crippen molar-refractivity contribution in [2.75, 3.05) is 37.6 Å². The first-order valence-electron chi connectivity index (χ1n) is 7.76. The molecule has 0 aromatic heterocycles. The summed E-state index contributed by atoms with van der Waals surface area (Å²) in [6.07, 6.45) is 0. The highest BCUT2D eigenvalue weighted by Gasteiger charge is 2.28. The molecule has 3 rings (SSSR count). The number of benzene rings is 1. The van der Waals surface area contributed by atoms with Crippen LogP contribution in [0, 0.1) is 6.92 Å². The van der Waals surface area contributed by atoms with Crippen LogP contribution in [0.5, 0.6) is 0 Å². The van der Waals surface area contributed by atoms with E-state index in [1.807, 2.05) is 30.0 Å². The lowest BCUT2D eigenvalue weighted by Crippen LogP contribution is -2.52. The van der Waals surface area contributed by atoms with Crippen LogP contribution >= 0.6 is 0 Å². The van der Waals surface area contributed by atoms with E-state index in [4.69, 9.17) is 0 Å². The van der Waals surface area contributed by atoms with E-state index in [1.54, 1.807) is 4.90 Å². The Morgan fingerprint density at radius 3 is 2.77 bits per heavy atom. The second-order valence-electron chi connectivity index (χ2n) is 5.88. The van der Waals surface area contributed by atoms with Gasteiger partial charge >= 0.3 is 6.03 Å². The quantitative estimate of drug-likeness (QED) is 0.855. The van der Waals surface area contributed by atoms with Crippen molar-refractivity contribution in [2.24, 2.45) is 0 Å². The number of carbonyl (C=O) groups is 2. The number of hydrogen-bond acceptors (Lipinski definition) is 3. The molecule has 0 unspecified atom stereocenters. The monoisotopic (exact) mass is 302 g/mol. The van der Waals surface area contributed by atoms with Crippen molar-refractivity contribution < 1.29 is 9.59 Å². The van der Waals surface area contributed by atoms with E-state index in [2.05, 4.69) is 17.6 Å². The minimum atomic E-state index is -0.0942. The molecule has 6 nitrogen and oxygen atoms in total. The Kier molecular flexibility index (Phi) is 4.02. The number of hydrogen-bond donors (Lipinski definition) is 2. The number of amides is 3. The van der Waals surface area contributed by atoms with Crippen LogP contribution in [0.3, 0.4) is 0 Å². The molecule has 2 aliphatic rings. The van der Waals surface area contributed by atoms with Gasteiger partial charge in [-0.1, -0.05) is 6.07 Å². The van der Waals surface area contributed by atoms with E-state index >= 15 is 0 Å². The fourth-order valence-corrected chi connectivity index (χ4v) is 3.15. The number of piperazine rings is 1. The molecule has 0 bridgehead atoms. The number of carbonyl (C=O) groups excluding carboxylic acids is 2. The third kappa shape index (κ3) is 2.54. The Hall–Kier alpha value is -2.08. The summed E-state index contributed by atoms with van der Waals surface area (Å²) in [7, 11) is 0. The van der Waals surface area contributed by atoms with Crippen molar-refractivity contribution in [3.8, 4) is 0 Å². The van der Waals surface area contributed by atoms with E-state index in [0.717, 1.165) is 24.3 Å². The van der Waals surface area contributed by atoms with E-state index in [0.29, 0.717) is 25.2 Å². The van der Waals surface area contributed by atoms with Crippen molar-refractivity contribution in [1.82, 2.24) is 15.5 Å². The molecule has 6 heteroatoms. The lowest BCUT2D eigenvalue weighted by atomic mass is 10.0. The number of rotatable bonds is 2. The van der Waals surface area contributed by atoms with Gasteiger partial charge in [-0.05, 0) is 31.5 Å². The van der Waals surface area contributed by atoms with Gasteiger partial charge in [0.2, 0.25) is 0 Å². The molecule has 3 amide bonds. The third-order valence-corrected chi connectivity index (χ3v) is 4.45. The van der Waals surface area contributed by atoms with Crippen molar-refractivity contribution in [1.29, 1.82) is 0 Å². The maximum absolute atomic E-state index is 12.9. The molecule has 0 saturated carbocycles. The van der Waals surface area contributed by atoms with Crippen LogP contribution in [-0.2, 0) is 0 Å². The van der Waals surface area contributed by atoms with Crippen LogP contribution < -0.4 is 15.5 Å². The molecule has 1 aromatic carbocycles. The summed E-state index contributed by atoms with van der Waals surface area (Å²) in [5.74, 6) is 0.0490. The first kappa shape index (κ1) is 14.8. The Morgan fingerprint density at radius 2 is 2.09 bits per heavy atom. The van der Waals surface area contributed by atoms with Crippen molar-refractivity contribution >= 4 is 17.6 Å². The molecule has 0 radical (unpaired) electrons. The SMILES string of the molecule is Cc1c(C(=O)N2CCNC[C@@H]2C)cccc1N1CCNC1=O. The molecule has 2 aliphatic heterocycles. The summed E-state index contributed by atoms with van der Waals surface area (Å²) < 4.78 is 0. The second kappa shape index (κ2) is 5.96.